The van der Waals surface area contributed by atoms with Crippen molar-refractivity contribution in [3.63, 3.8) is 0 Å². The fraction of sp³-hybridized carbons (Fsp3) is 0.375. The summed E-state index contributed by atoms with van der Waals surface area (Å²) < 4.78 is 2.35. The van der Waals surface area contributed by atoms with Crippen molar-refractivity contribution < 1.29 is 0 Å². The van der Waals surface area contributed by atoms with Gasteiger partial charge in [-0.1, -0.05) is 35.9 Å². The number of hydrogen-bond donors (Lipinski definition) is 2. The van der Waals surface area contributed by atoms with Crippen LogP contribution in [-0.2, 0) is 0 Å². The quantitative estimate of drug-likeness (QED) is 0.242. The molecule has 9 nitrogen and oxygen atoms in total. The van der Waals surface area contributed by atoms with E-state index in [1.807, 2.05) is 37.3 Å². The van der Waals surface area contributed by atoms with E-state index >= 15 is 0 Å². The molecule has 1 saturated heterocycles. The van der Waals surface area contributed by atoms with Crippen LogP contribution in [0.3, 0.4) is 0 Å². The number of halogens is 1. The number of anilines is 3. The highest BCUT2D eigenvalue weighted by molar-refractivity contribution is 6.34. The van der Waals surface area contributed by atoms with Crippen molar-refractivity contribution in [2.75, 3.05) is 44.3 Å². The van der Waals surface area contributed by atoms with Crippen molar-refractivity contribution in [2.24, 2.45) is 0 Å². The molecule has 0 atom stereocenters. The topological polar surface area (TPSA) is 101 Å². The number of aromatic nitrogens is 5. The molecule has 2 fully saturated rings. The van der Waals surface area contributed by atoms with Crippen molar-refractivity contribution in [1.82, 2.24) is 34.3 Å². The zero-order valence-corrected chi connectivity index (χ0v) is 24.8. The van der Waals surface area contributed by atoms with Crippen LogP contribution in [0.4, 0.5) is 17.5 Å². The van der Waals surface area contributed by atoms with Crippen molar-refractivity contribution in [2.45, 2.75) is 44.7 Å². The summed E-state index contributed by atoms with van der Waals surface area (Å²) in [6.45, 7) is 6.70. The molecule has 216 valence electrons. The molecule has 0 amide bonds. The fourth-order valence-corrected chi connectivity index (χ4v) is 7.04. The maximum atomic E-state index is 6.51. The molecule has 3 aromatic heterocycles. The molecule has 1 aliphatic carbocycles. The predicted molar refractivity (Wildman–Crippen MR) is 170 cm³/mol. The monoisotopic (exact) mass is 581 g/mol. The average molecular weight is 582 g/mol. The van der Waals surface area contributed by atoms with Crippen LogP contribution in [0.2, 0.25) is 5.15 Å². The number of likely N-dealkylation sites (N-methyl/N-ethyl adjacent to an activating group) is 1. The van der Waals surface area contributed by atoms with Gasteiger partial charge in [0.25, 0.3) is 0 Å². The lowest BCUT2D eigenvalue weighted by Crippen LogP contribution is -2.49. The van der Waals surface area contributed by atoms with Crippen molar-refractivity contribution in [3.8, 4) is 11.1 Å². The lowest BCUT2D eigenvalue weighted by Gasteiger charge is -2.41. The molecule has 7 rings (SSSR count). The molecule has 0 spiro atoms. The Hall–Kier alpha value is -3.79. The summed E-state index contributed by atoms with van der Waals surface area (Å²) in [6.07, 6.45) is 8.52. The molecule has 42 heavy (non-hydrogen) atoms. The van der Waals surface area contributed by atoms with Gasteiger partial charge >= 0.3 is 0 Å². The molecule has 0 bridgehead atoms. The van der Waals surface area contributed by atoms with E-state index < -0.39 is 0 Å². The second-order valence-electron chi connectivity index (χ2n) is 11.7. The number of rotatable bonds is 5. The molecule has 1 saturated carbocycles. The van der Waals surface area contributed by atoms with E-state index in [0.717, 1.165) is 57.2 Å². The first-order valence-corrected chi connectivity index (χ1v) is 15.2. The van der Waals surface area contributed by atoms with Crippen molar-refractivity contribution >= 4 is 51.0 Å². The number of nitrogens with two attached hydrogens (primary N) is 1. The van der Waals surface area contributed by atoms with Gasteiger partial charge in [-0.05, 0) is 69.0 Å². The van der Waals surface area contributed by atoms with Gasteiger partial charge in [-0.25, -0.2) is 19.9 Å². The molecule has 2 aliphatic rings. The predicted octanol–water partition coefficient (Wildman–Crippen LogP) is 6.06. The minimum absolute atomic E-state index is 0.402. The largest absolute Gasteiger partial charge is 0.383 e. The molecule has 5 aromatic rings. The smallest absolute Gasteiger partial charge is 0.229 e. The molecule has 3 N–H and O–H groups in total. The summed E-state index contributed by atoms with van der Waals surface area (Å²) >= 11 is 6.51. The highest BCUT2D eigenvalue weighted by Crippen LogP contribution is 2.39. The Morgan fingerprint density at radius 3 is 2.38 bits per heavy atom. The summed E-state index contributed by atoms with van der Waals surface area (Å²) in [6, 6.07) is 15.2. The maximum absolute atomic E-state index is 6.51. The lowest BCUT2D eigenvalue weighted by atomic mass is 9.89. The first-order valence-electron chi connectivity index (χ1n) is 14.8. The third-order valence-electron chi connectivity index (χ3n) is 9.09. The van der Waals surface area contributed by atoms with Crippen LogP contribution in [0.1, 0.15) is 37.3 Å². The number of piperazine rings is 1. The van der Waals surface area contributed by atoms with E-state index in [1.54, 1.807) is 6.33 Å². The van der Waals surface area contributed by atoms with Gasteiger partial charge in [0, 0.05) is 61.1 Å². The van der Waals surface area contributed by atoms with Gasteiger partial charge in [-0.2, -0.15) is 0 Å². The SMILES string of the molecule is Cc1cccc2nc(Nc3ccc(-c4cn([C@H]5CC[C@@H](N6CCN(C)CC6)CC5)c5ncnc(N)c45)cc3)nc(Cl)c12. The van der Waals surface area contributed by atoms with Crippen molar-refractivity contribution in [1.29, 1.82) is 0 Å². The number of aryl methyl sites for hydroxylation is 1. The number of benzene rings is 2. The van der Waals surface area contributed by atoms with Crippen LogP contribution in [-0.4, -0.2) is 73.6 Å². The summed E-state index contributed by atoms with van der Waals surface area (Å²) in [5.41, 5.74) is 12.2. The minimum atomic E-state index is 0.402. The summed E-state index contributed by atoms with van der Waals surface area (Å²) in [7, 11) is 2.22. The first kappa shape index (κ1) is 27.1. The van der Waals surface area contributed by atoms with Gasteiger partial charge in [0.1, 0.15) is 22.9 Å². The summed E-state index contributed by atoms with van der Waals surface area (Å²) in [5, 5.41) is 5.54. The van der Waals surface area contributed by atoms with E-state index in [1.165, 1.54) is 39.0 Å². The Bertz CT molecular complexity index is 1730. The molecular formula is C32H36ClN9. The Morgan fingerprint density at radius 1 is 0.881 bits per heavy atom. The van der Waals surface area contributed by atoms with Crippen LogP contribution in [0.25, 0.3) is 33.1 Å². The second-order valence-corrected chi connectivity index (χ2v) is 12.1. The molecule has 0 radical (unpaired) electrons. The normalized spacial score (nSPS) is 20.4. The first-order chi connectivity index (χ1) is 20.4. The molecule has 2 aromatic carbocycles. The van der Waals surface area contributed by atoms with Crippen molar-refractivity contribution in [3.05, 3.63) is 65.7 Å². The van der Waals surface area contributed by atoms with E-state index in [4.69, 9.17) is 22.3 Å². The van der Waals surface area contributed by atoms with Crippen LogP contribution >= 0.6 is 11.6 Å². The van der Waals surface area contributed by atoms with Gasteiger partial charge in [0.15, 0.2) is 0 Å². The highest BCUT2D eigenvalue weighted by atomic mass is 35.5. The number of hydrogen-bond acceptors (Lipinski definition) is 8. The number of nitrogen functional groups attached to an aromatic ring is 1. The fourth-order valence-electron chi connectivity index (χ4n) is 6.71. The minimum Gasteiger partial charge on any atom is -0.383 e. The average Bonchev–Trinajstić information content (AvgIpc) is 3.39. The zero-order chi connectivity index (χ0) is 28.8. The third kappa shape index (κ3) is 5.06. The van der Waals surface area contributed by atoms with Gasteiger partial charge in [-0.3, -0.25) is 4.90 Å². The van der Waals surface area contributed by atoms with E-state index in [0.29, 0.717) is 29.0 Å². The van der Waals surface area contributed by atoms with Crippen LogP contribution < -0.4 is 11.1 Å². The Kier molecular flexibility index (Phi) is 7.17. The Balaban J connectivity index is 1.13. The zero-order valence-electron chi connectivity index (χ0n) is 24.1. The maximum Gasteiger partial charge on any atom is 0.229 e. The van der Waals surface area contributed by atoms with Crippen LogP contribution in [0, 0.1) is 6.92 Å². The molecule has 10 heteroatoms. The van der Waals surface area contributed by atoms with E-state index in [2.05, 4.69) is 60.0 Å². The van der Waals surface area contributed by atoms with Gasteiger partial charge in [0.2, 0.25) is 5.95 Å². The molecule has 4 heterocycles. The van der Waals surface area contributed by atoms with Gasteiger partial charge in [0.05, 0.1) is 10.9 Å². The van der Waals surface area contributed by atoms with E-state index in [9.17, 15) is 0 Å². The number of fused-ring (bicyclic) bond motifs is 2. The Morgan fingerprint density at radius 2 is 1.62 bits per heavy atom. The van der Waals surface area contributed by atoms with Crippen LogP contribution in [0.15, 0.2) is 55.0 Å². The molecular weight excluding hydrogens is 546 g/mol. The molecule has 1 aliphatic heterocycles. The second kappa shape index (κ2) is 11.1. The number of nitrogens with one attached hydrogen (secondary N) is 1. The molecule has 0 unspecified atom stereocenters. The van der Waals surface area contributed by atoms with E-state index in [-0.39, 0.29) is 0 Å². The third-order valence-corrected chi connectivity index (χ3v) is 9.37. The highest BCUT2D eigenvalue weighted by Gasteiger charge is 2.30. The van der Waals surface area contributed by atoms with Gasteiger partial charge < -0.3 is 20.5 Å². The van der Waals surface area contributed by atoms with Crippen LogP contribution in [0.5, 0.6) is 0 Å². The number of nitrogens with zero attached hydrogens (tertiary/aromatic N) is 7. The standard InChI is InChI=1S/C32H36ClN9/c1-20-4-3-5-26-27(20)29(33)39-32(38-26)37-22-8-6-21(7-9-22)25-18-42(31-28(25)30(34)35-19-36-31)24-12-10-23(11-13-24)41-16-14-40(2)15-17-41/h3-9,18-19,23-24H,10-17H2,1-2H3,(H2,34,35,36)(H,37,38,39)/t23-,24+. The summed E-state index contributed by atoms with van der Waals surface area (Å²) in [5.74, 6) is 0.976. The lowest BCUT2D eigenvalue weighted by molar-refractivity contribution is 0.0828. The Labute approximate surface area is 250 Å². The summed E-state index contributed by atoms with van der Waals surface area (Å²) in [4.78, 5) is 23.3. The van der Waals surface area contributed by atoms with Gasteiger partial charge in [-0.15, -0.1) is 0 Å².